The lowest BCUT2D eigenvalue weighted by atomic mass is 10.1. The van der Waals surface area contributed by atoms with Gasteiger partial charge in [-0.25, -0.2) is 0 Å². The topological polar surface area (TPSA) is 18.5 Å². The van der Waals surface area contributed by atoms with Crippen molar-refractivity contribution in [3.63, 3.8) is 0 Å². The summed E-state index contributed by atoms with van der Waals surface area (Å²) in [4.78, 5) is 5.11. The maximum Gasteiger partial charge on any atom is 0.0650 e. The monoisotopic (exact) mass is 680 g/mol. The van der Waals surface area contributed by atoms with Crippen LogP contribution in [0.4, 0.5) is 0 Å². The summed E-state index contributed by atoms with van der Waals surface area (Å²) < 4.78 is 11.6. The van der Waals surface area contributed by atoms with Gasteiger partial charge in [-0.2, -0.15) is 0 Å². The number of hydrogen-bond donors (Lipinski definition) is 0. The largest absolute Gasteiger partial charge is 0.377 e. The van der Waals surface area contributed by atoms with E-state index in [-0.39, 0.29) is 0 Å². The van der Waals surface area contributed by atoms with E-state index in [0.717, 1.165) is 13.2 Å². The number of hydrogen-bond acceptors (Lipinski definition) is 4. The quantitative estimate of drug-likeness (QED) is 0.0542. The number of unbranched alkanes of at least 4 members (excludes halogenated alkanes) is 10. The molecule has 0 unspecified atom stereocenters. The van der Waals surface area contributed by atoms with Crippen molar-refractivity contribution >= 4 is 47.0 Å². The van der Waals surface area contributed by atoms with Crippen LogP contribution in [0.25, 0.3) is 45.2 Å². The van der Waals surface area contributed by atoms with Crippen molar-refractivity contribution in [2.75, 3.05) is 26.4 Å². The zero-order valence-corrected chi connectivity index (χ0v) is 31.0. The van der Waals surface area contributed by atoms with Gasteiger partial charge in [-0.3, -0.25) is 0 Å². The van der Waals surface area contributed by atoms with E-state index in [9.17, 15) is 0 Å². The molecule has 2 heterocycles. The average molecular weight is 681 g/mol. The van der Waals surface area contributed by atoms with Gasteiger partial charge in [0.2, 0.25) is 0 Å². The highest BCUT2D eigenvalue weighted by Crippen LogP contribution is 2.31. The summed E-state index contributed by atoms with van der Waals surface area (Å²) in [5.74, 6) is 0. The highest BCUT2D eigenvalue weighted by molar-refractivity contribution is 7.16. The number of benzene rings is 2. The molecule has 0 aliphatic carbocycles. The first-order chi connectivity index (χ1) is 23.7. The Morgan fingerprint density at radius 2 is 0.833 bits per heavy atom. The minimum absolute atomic E-state index is 0.689. The second kappa shape index (κ2) is 23.4. The van der Waals surface area contributed by atoms with E-state index in [2.05, 4.69) is 123 Å². The van der Waals surface area contributed by atoms with E-state index in [0.29, 0.717) is 13.2 Å². The molecule has 0 saturated carbocycles. The van der Waals surface area contributed by atoms with E-state index in [4.69, 9.17) is 9.47 Å². The van der Waals surface area contributed by atoms with Crippen molar-refractivity contribution in [1.29, 1.82) is 0 Å². The highest BCUT2D eigenvalue weighted by atomic mass is 32.1. The molecule has 0 bridgehead atoms. The van der Waals surface area contributed by atoms with Crippen LogP contribution in [-0.2, 0) is 9.47 Å². The lowest BCUT2D eigenvalue weighted by molar-refractivity contribution is 0.157. The van der Waals surface area contributed by atoms with Crippen LogP contribution in [0.1, 0.15) is 112 Å². The zero-order chi connectivity index (χ0) is 33.5. The van der Waals surface area contributed by atoms with Crippen LogP contribution in [0.3, 0.4) is 0 Å². The van der Waals surface area contributed by atoms with Crippen molar-refractivity contribution in [2.45, 2.75) is 90.9 Å². The average Bonchev–Trinajstić information content (AvgIpc) is 3.80. The maximum atomic E-state index is 5.79. The SMILES string of the molecule is CCCCCCCCOC/C=C/c1ccc(-c2ccc(/C=C/c3ccc(-c4ccc(/C=C/COCCCCCCCC)s4)cc3)cc2)s1. The molecule has 0 aliphatic heterocycles. The molecule has 2 aromatic carbocycles. The Bertz CT molecular complexity index is 1370. The fourth-order valence-corrected chi connectivity index (χ4v) is 7.39. The van der Waals surface area contributed by atoms with Crippen molar-refractivity contribution in [1.82, 2.24) is 0 Å². The summed E-state index contributed by atoms with van der Waals surface area (Å²) in [7, 11) is 0. The van der Waals surface area contributed by atoms with E-state index in [1.807, 2.05) is 22.7 Å². The molecule has 4 aromatic rings. The third-order valence-electron chi connectivity index (χ3n) is 8.39. The molecule has 2 nitrogen and oxygen atoms in total. The van der Waals surface area contributed by atoms with Gasteiger partial charge in [0.05, 0.1) is 13.2 Å². The molecular weight excluding hydrogens is 625 g/mol. The Balaban J connectivity index is 1.16. The number of rotatable bonds is 24. The second-order valence-electron chi connectivity index (χ2n) is 12.5. The van der Waals surface area contributed by atoms with Gasteiger partial charge in [0.1, 0.15) is 0 Å². The van der Waals surface area contributed by atoms with Gasteiger partial charge in [0, 0.05) is 32.7 Å². The Morgan fingerprint density at radius 1 is 0.438 bits per heavy atom. The van der Waals surface area contributed by atoms with Crippen LogP contribution in [0.2, 0.25) is 0 Å². The van der Waals surface area contributed by atoms with Crippen LogP contribution in [0.15, 0.2) is 84.9 Å². The molecule has 0 atom stereocenters. The van der Waals surface area contributed by atoms with Gasteiger partial charge in [-0.1, -0.05) is 151 Å². The van der Waals surface area contributed by atoms with E-state index >= 15 is 0 Å². The molecular formula is C44H56O2S2. The first-order valence-electron chi connectivity index (χ1n) is 18.3. The number of thiophene rings is 2. The molecule has 0 saturated heterocycles. The Morgan fingerprint density at radius 3 is 1.25 bits per heavy atom. The minimum Gasteiger partial charge on any atom is -0.377 e. The van der Waals surface area contributed by atoms with E-state index in [1.54, 1.807) is 0 Å². The number of ether oxygens (including phenoxy) is 2. The minimum atomic E-state index is 0.689. The molecule has 0 radical (unpaired) electrons. The van der Waals surface area contributed by atoms with Crippen molar-refractivity contribution in [2.24, 2.45) is 0 Å². The molecule has 2 aromatic heterocycles. The molecule has 256 valence electrons. The van der Waals surface area contributed by atoms with Gasteiger partial charge in [0.15, 0.2) is 0 Å². The summed E-state index contributed by atoms with van der Waals surface area (Å²) in [6.07, 6.45) is 28.6. The summed E-state index contributed by atoms with van der Waals surface area (Å²) in [5.41, 5.74) is 4.91. The van der Waals surface area contributed by atoms with Crippen LogP contribution < -0.4 is 0 Å². The predicted molar refractivity (Wildman–Crippen MR) is 215 cm³/mol. The predicted octanol–water partition coefficient (Wildman–Crippen LogP) is 14.1. The standard InChI is InChI=1S/C44H56O2S2/c1-3-5-7-9-11-13-33-45-35-15-17-41-29-31-43(47-41)39-25-21-37(22-26-39)19-20-38-23-27-40(28-24-38)44-32-30-42(48-44)18-16-36-46-34-14-12-10-8-6-4-2/h15-32H,3-14,33-36H2,1-2H3/b17-15+,18-16+,20-19+. The molecule has 4 rings (SSSR count). The Hall–Kier alpha value is -3.02. The normalized spacial score (nSPS) is 12.0. The fourth-order valence-electron chi connectivity index (χ4n) is 5.50. The van der Waals surface area contributed by atoms with E-state index in [1.165, 1.54) is 119 Å². The van der Waals surface area contributed by atoms with Crippen molar-refractivity contribution < 1.29 is 9.47 Å². The van der Waals surface area contributed by atoms with Gasteiger partial charge < -0.3 is 9.47 Å². The Kier molecular flexibility index (Phi) is 18.4. The maximum absolute atomic E-state index is 5.79. The first-order valence-corrected chi connectivity index (χ1v) is 20.0. The second-order valence-corrected chi connectivity index (χ2v) is 14.7. The molecule has 0 amide bonds. The summed E-state index contributed by atoms with van der Waals surface area (Å²) in [6, 6.07) is 26.5. The lowest BCUT2D eigenvalue weighted by Gasteiger charge is -2.01. The van der Waals surface area contributed by atoms with Crippen LogP contribution in [0, 0.1) is 0 Å². The van der Waals surface area contributed by atoms with Crippen molar-refractivity contribution in [3.8, 4) is 20.9 Å². The van der Waals surface area contributed by atoms with Gasteiger partial charge in [-0.15, -0.1) is 22.7 Å². The van der Waals surface area contributed by atoms with Crippen LogP contribution in [-0.4, -0.2) is 26.4 Å². The lowest BCUT2D eigenvalue weighted by Crippen LogP contribution is -1.94. The smallest absolute Gasteiger partial charge is 0.0650 e. The van der Waals surface area contributed by atoms with Crippen LogP contribution >= 0.6 is 22.7 Å². The molecule has 4 heteroatoms. The summed E-state index contributed by atoms with van der Waals surface area (Å²) >= 11 is 3.65. The Labute approximate surface area is 299 Å². The third kappa shape index (κ3) is 14.6. The molecule has 48 heavy (non-hydrogen) atoms. The zero-order valence-electron chi connectivity index (χ0n) is 29.3. The van der Waals surface area contributed by atoms with Gasteiger partial charge in [-0.05, 0) is 71.5 Å². The first kappa shape index (κ1) is 37.8. The third-order valence-corrected chi connectivity index (χ3v) is 10.6. The summed E-state index contributed by atoms with van der Waals surface area (Å²) in [6.45, 7) is 7.63. The molecule has 0 N–H and O–H groups in total. The highest BCUT2D eigenvalue weighted by Gasteiger charge is 2.03. The van der Waals surface area contributed by atoms with Crippen LogP contribution in [0.5, 0.6) is 0 Å². The molecule has 0 fully saturated rings. The van der Waals surface area contributed by atoms with E-state index < -0.39 is 0 Å². The molecule has 0 aliphatic rings. The van der Waals surface area contributed by atoms with Crippen molar-refractivity contribution in [3.05, 3.63) is 106 Å². The summed E-state index contributed by atoms with van der Waals surface area (Å²) in [5, 5.41) is 0. The molecule has 0 spiro atoms. The van der Waals surface area contributed by atoms with Gasteiger partial charge >= 0.3 is 0 Å². The van der Waals surface area contributed by atoms with Gasteiger partial charge in [0.25, 0.3) is 0 Å². The fraction of sp³-hybridized carbons (Fsp3) is 0.409.